The van der Waals surface area contributed by atoms with E-state index in [0.29, 0.717) is 6.42 Å². The van der Waals surface area contributed by atoms with Gasteiger partial charge in [0.05, 0.1) is 17.1 Å². The smallest absolute Gasteiger partial charge is 0.101 e. The molecule has 0 saturated heterocycles. The standard InChI is InChI=1S/C12H18N4O/c1-4-16-11(7-9(2)13-16)12(17)8-10-5-6-15(3)14-10/h5-7,12,17H,4,8H2,1-3H3. The molecule has 2 aromatic heterocycles. The molecular formula is C12H18N4O. The Kier molecular flexibility index (Phi) is 3.28. The molecule has 2 heterocycles. The van der Waals surface area contributed by atoms with E-state index in [-0.39, 0.29) is 0 Å². The van der Waals surface area contributed by atoms with Crippen LogP contribution in [0.1, 0.15) is 30.1 Å². The second-order valence-corrected chi connectivity index (χ2v) is 4.23. The Hall–Kier alpha value is -1.62. The third-order valence-electron chi connectivity index (χ3n) is 2.75. The van der Waals surface area contributed by atoms with Gasteiger partial charge in [0.15, 0.2) is 0 Å². The second-order valence-electron chi connectivity index (χ2n) is 4.23. The lowest BCUT2D eigenvalue weighted by atomic mass is 10.1. The first-order valence-electron chi connectivity index (χ1n) is 5.81. The van der Waals surface area contributed by atoms with E-state index in [1.807, 2.05) is 43.9 Å². The molecule has 2 rings (SSSR count). The van der Waals surface area contributed by atoms with Crippen LogP contribution in [0.15, 0.2) is 18.3 Å². The Bertz CT molecular complexity index is 500. The number of aromatic nitrogens is 4. The van der Waals surface area contributed by atoms with Crippen LogP contribution in [-0.4, -0.2) is 24.7 Å². The summed E-state index contributed by atoms with van der Waals surface area (Å²) in [6.07, 6.45) is 1.85. The lowest BCUT2D eigenvalue weighted by Gasteiger charge is -2.10. The maximum Gasteiger partial charge on any atom is 0.101 e. The van der Waals surface area contributed by atoms with Crippen molar-refractivity contribution in [3.8, 4) is 0 Å². The molecule has 0 amide bonds. The molecule has 0 spiro atoms. The van der Waals surface area contributed by atoms with E-state index in [0.717, 1.165) is 23.6 Å². The number of nitrogens with zero attached hydrogens (tertiary/aromatic N) is 4. The van der Waals surface area contributed by atoms with Crippen LogP contribution in [-0.2, 0) is 20.0 Å². The summed E-state index contributed by atoms with van der Waals surface area (Å²) in [5.74, 6) is 0. The van der Waals surface area contributed by atoms with Crippen molar-refractivity contribution in [2.24, 2.45) is 7.05 Å². The molecule has 2 aromatic rings. The Morgan fingerprint density at radius 1 is 1.41 bits per heavy atom. The number of aryl methyl sites for hydroxylation is 3. The zero-order valence-corrected chi connectivity index (χ0v) is 10.5. The van der Waals surface area contributed by atoms with Gasteiger partial charge >= 0.3 is 0 Å². The molecule has 5 heteroatoms. The molecule has 1 N–H and O–H groups in total. The zero-order valence-electron chi connectivity index (χ0n) is 10.5. The molecule has 17 heavy (non-hydrogen) atoms. The van der Waals surface area contributed by atoms with Crippen molar-refractivity contribution < 1.29 is 5.11 Å². The molecule has 0 saturated carbocycles. The summed E-state index contributed by atoms with van der Waals surface area (Å²) in [4.78, 5) is 0. The summed E-state index contributed by atoms with van der Waals surface area (Å²) in [7, 11) is 1.87. The zero-order chi connectivity index (χ0) is 12.4. The van der Waals surface area contributed by atoms with E-state index in [1.54, 1.807) is 4.68 Å². The molecule has 1 atom stereocenters. The lowest BCUT2D eigenvalue weighted by Crippen LogP contribution is -2.10. The highest BCUT2D eigenvalue weighted by Gasteiger charge is 2.15. The first kappa shape index (κ1) is 11.9. The van der Waals surface area contributed by atoms with E-state index < -0.39 is 6.10 Å². The topological polar surface area (TPSA) is 55.9 Å². The van der Waals surface area contributed by atoms with Crippen LogP contribution in [0, 0.1) is 6.92 Å². The van der Waals surface area contributed by atoms with Crippen molar-refractivity contribution in [3.63, 3.8) is 0 Å². The normalized spacial score (nSPS) is 12.9. The summed E-state index contributed by atoms with van der Waals surface area (Å²) >= 11 is 0. The van der Waals surface area contributed by atoms with Crippen LogP contribution in [0.25, 0.3) is 0 Å². The summed E-state index contributed by atoms with van der Waals surface area (Å²) < 4.78 is 3.58. The van der Waals surface area contributed by atoms with Gasteiger partial charge in [0.25, 0.3) is 0 Å². The number of rotatable bonds is 4. The molecule has 0 aliphatic rings. The third-order valence-corrected chi connectivity index (χ3v) is 2.75. The Morgan fingerprint density at radius 2 is 2.18 bits per heavy atom. The van der Waals surface area contributed by atoms with Gasteiger partial charge in [-0.3, -0.25) is 9.36 Å². The first-order valence-corrected chi connectivity index (χ1v) is 5.81. The van der Waals surface area contributed by atoms with Gasteiger partial charge < -0.3 is 5.11 Å². The van der Waals surface area contributed by atoms with Gasteiger partial charge in [0, 0.05) is 26.2 Å². The van der Waals surface area contributed by atoms with Gasteiger partial charge in [-0.15, -0.1) is 0 Å². The highest BCUT2D eigenvalue weighted by molar-refractivity contribution is 5.14. The van der Waals surface area contributed by atoms with Crippen molar-refractivity contribution in [3.05, 3.63) is 35.4 Å². The minimum absolute atomic E-state index is 0.520. The van der Waals surface area contributed by atoms with Crippen LogP contribution in [0.5, 0.6) is 0 Å². The van der Waals surface area contributed by atoms with Gasteiger partial charge in [-0.2, -0.15) is 10.2 Å². The maximum atomic E-state index is 10.2. The van der Waals surface area contributed by atoms with Crippen molar-refractivity contribution >= 4 is 0 Å². The SMILES string of the molecule is CCn1nc(C)cc1C(O)Cc1ccn(C)n1. The number of hydrogen-bond donors (Lipinski definition) is 1. The van der Waals surface area contributed by atoms with Crippen LogP contribution in [0.2, 0.25) is 0 Å². The highest BCUT2D eigenvalue weighted by atomic mass is 16.3. The average molecular weight is 234 g/mol. The van der Waals surface area contributed by atoms with Crippen molar-refractivity contribution in [1.82, 2.24) is 19.6 Å². The Balaban J connectivity index is 2.16. The maximum absolute atomic E-state index is 10.2. The molecular weight excluding hydrogens is 216 g/mol. The van der Waals surface area contributed by atoms with Gasteiger partial charge in [-0.1, -0.05) is 0 Å². The van der Waals surface area contributed by atoms with E-state index in [4.69, 9.17) is 0 Å². The molecule has 0 aliphatic heterocycles. The predicted octanol–water partition coefficient (Wildman–Crippen LogP) is 1.22. The predicted molar refractivity (Wildman–Crippen MR) is 64.5 cm³/mol. The number of hydrogen-bond acceptors (Lipinski definition) is 3. The molecule has 0 fully saturated rings. The number of aliphatic hydroxyl groups excluding tert-OH is 1. The Morgan fingerprint density at radius 3 is 2.76 bits per heavy atom. The minimum atomic E-state index is -0.550. The van der Waals surface area contributed by atoms with Crippen LogP contribution >= 0.6 is 0 Å². The molecule has 0 aliphatic carbocycles. The lowest BCUT2D eigenvalue weighted by molar-refractivity contribution is 0.165. The van der Waals surface area contributed by atoms with Gasteiger partial charge in [-0.05, 0) is 26.0 Å². The van der Waals surface area contributed by atoms with Crippen molar-refractivity contribution in [1.29, 1.82) is 0 Å². The summed E-state index contributed by atoms with van der Waals surface area (Å²) in [5, 5.41) is 18.8. The summed E-state index contributed by atoms with van der Waals surface area (Å²) in [6.45, 7) is 4.72. The summed E-state index contributed by atoms with van der Waals surface area (Å²) in [5.41, 5.74) is 2.68. The fourth-order valence-electron chi connectivity index (χ4n) is 1.96. The molecule has 0 bridgehead atoms. The number of aliphatic hydroxyl groups is 1. The quantitative estimate of drug-likeness (QED) is 0.865. The van der Waals surface area contributed by atoms with Crippen LogP contribution < -0.4 is 0 Å². The Labute approximate surface area is 101 Å². The molecule has 1 unspecified atom stereocenters. The molecule has 0 aromatic carbocycles. The van der Waals surface area contributed by atoms with Gasteiger partial charge in [0.2, 0.25) is 0 Å². The van der Waals surface area contributed by atoms with Gasteiger partial charge in [0.1, 0.15) is 6.10 Å². The van der Waals surface area contributed by atoms with E-state index in [1.165, 1.54) is 0 Å². The monoisotopic (exact) mass is 234 g/mol. The fraction of sp³-hybridized carbons (Fsp3) is 0.500. The highest BCUT2D eigenvalue weighted by Crippen LogP contribution is 2.18. The average Bonchev–Trinajstić information content (AvgIpc) is 2.84. The first-order chi connectivity index (χ1) is 8.10. The van der Waals surface area contributed by atoms with Crippen molar-refractivity contribution in [2.75, 3.05) is 0 Å². The van der Waals surface area contributed by atoms with Gasteiger partial charge in [-0.25, -0.2) is 0 Å². The largest absolute Gasteiger partial charge is 0.386 e. The molecule has 92 valence electrons. The van der Waals surface area contributed by atoms with Crippen LogP contribution in [0.3, 0.4) is 0 Å². The fourth-order valence-corrected chi connectivity index (χ4v) is 1.96. The molecule has 5 nitrogen and oxygen atoms in total. The van der Waals surface area contributed by atoms with Crippen molar-refractivity contribution in [2.45, 2.75) is 32.9 Å². The third kappa shape index (κ3) is 2.55. The summed E-state index contributed by atoms with van der Waals surface area (Å²) in [6, 6.07) is 3.85. The van der Waals surface area contributed by atoms with E-state index in [9.17, 15) is 5.11 Å². The van der Waals surface area contributed by atoms with Crippen LogP contribution in [0.4, 0.5) is 0 Å². The van der Waals surface area contributed by atoms with E-state index >= 15 is 0 Å². The molecule has 0 radical (unpaired) electrons. The second kappa shape index (κ2) is 4.71. The minimum Gasteiger partial charge on any atom is -0.386 e. The van der Waals surface area contributed by atoms with E-state index in [2.05, 4.69) is 10.2 Å².